The summed E-state index contributed by atoms with van der Waals surface area (Å²) in [5.74, 6) is -1.05. The molecule has 7 heteroatoms. The molecule has 0 aliphatic carbocycles. The molecule has 0 aliphatic heterocycles. The number of aliphatic carboxylic acids is 1. The Bertz CT molecular complexity index is 410. The van der Waals surface area contributed by atoms with E-state index in [0.29, 0.717) is 18.1 Å². The maximum Gasteiger partial charge on any atom is 0.343 e. The lowest BCUT2D eigenvalue weighted by Crippen LogP contribution is -2.17. The summed E-state index contributed by atoms with van der Waals surface area (Å²) in [6.07, 6.45) is 2.32. The molecule has 0 bridgehead atoms. The number of thioether (sulfide) groups is 1. The Hall–Kier alpha value is -1.50. The van der Waals surface area contributed by atoms with E-state index in [1.165, 1.54) is 4.57 Å². The van der Waals surface area contributed by atoms with Crippen LogP contribution in [0, 0.1) is 0 Å². The van der Waals surface area contributed by atoms with E-state index in [1.54, 1.807) is 6.08 Å². The van der Waals surface area contributed by atoms with Gasteiger partial charge in [-0.25, -0.2) is 9.89 Å². The first-order valence-electron chi connectivity index (χ1n) is 4.26. The summed E-state index contributed by atoms with van der Waals surface area (Å²) >= 11 is 1.01. The van der Waals surface area contributed by atoms with E-state index >= 15 is 0 Å². The lowest BCUT2D eigenvalue weighted by atomic mass is 10.4. The van der Waals surface area contributed by atoms with Crippen LogP contribution in [0.1, 0.15) is 6.42 Å². The summed E-state index contributed by atoms with van der Waals surface area (Å²) in [6.45, 7) is 4.01. The second kappa shape index (κ2) is 5.40. The molecule has 6 nitrogen and oxygen atoms in total. The number of nitrogens with one attached hydrogen (secondary N) is 1. The van der Waals surface area contributed by atoms with Gasteiger partial charge in [0.05, 0.1) is 5.75 Å². The second-order valence-corrected chi connectivity index (χ2v) is 3.67. The minimum atomic E-state index is -0.939. The Kier molecular flexibility index (Phi) is 4.17. The number of hydrogen-bond acceptors (Lipinski definition) is 4. The molecule has 0 saturated heterocycles. The maximum absolute atomic E-state index is 11.2. The molecule has 15 heavy (non-hydrogen) atoms. The lowest BCUT2D eigenvalue weighted by Gasteiger charge is -2.01. The van der Waals surface area contributed by atoms with Crippen LogP contribution in [0.5, 0.6) is 0 Å². The number of hydrogen-bond donors (Lipinski definition) is 2. The van der Waals surface area contributed by atoms with Crippen molar-refractivity contribution >= 4 is 17.7 Å². The summed E-state index contributed by atoms with van der Waals surface area (Å²) in [6, 6.07) is 0. The van der Waals surface area contributed by atoms with E-state index in [-0.39, 0.29) is 11.4 Å². The van der Waals surface area contributed by atoms with E-state index in [9.17, 15) is 9.59 Å². The molecule has 0 aliphatic rings. The van der Waals surface area contributed by atoms with Gasteiger partial charge >= 0.3 is 11.7 Å². The van der Waals surface area contributed by atoms with Gasteiger partial charge in [0.25, 0.3) is 0 Å². The SMILES string of the molecule is C=CCCn1c(SCC(=O)O)n[nH]c1=O. The fraction of sp³-hybridized carbons (Fsp3) is 0.375. The van der Waals surface area contributed by atoms with Crippen molar-refractivity contribution in [2.45, 2.75) is 18.1 Å². The van der Waals surface area contributed by atoms with Gasteiger partial charge < -0.3 is 5.11 Å². The third-order valence-corrected chi connectivity index (χ3v) is 2.57. The number of H-pyrrole nitrogens is 1. The van der Waals surface area contributed by atoms with Crippen molar-refractivity contribution in [2.24, 2.45) is 0 Å². The topological polar surface area (TPSA) is 88.0 Å². The first kappa shape index (κ1) is 11.6. The van der Waals surface area contributed by atoms with Crippen LogP contribution in [0.3, 0.4) is 0 Å². The third-order valence-electron chi connectivity index (χ3n) is 1.60. The van der Waals surface area contributed by atoms with Crippen LogP contribution in [0.2, 0.25) is 0 Å². The molecule has 0 atom stereocenters. The van der Waals surface area contributed by atoms with E-state index in [4.69, 9.17) is 5.11 Å². The highest BCUT2D eigenvalue weighted by Gasteiger charge is 2.09. The van der Waals surface area contributed by atoms with E-state index in [2.05, 4.69) is 16.8 Å². The quantitative estimate of drug-likeness (QED) is 0.542. The summed E-state index contributed by atoms with van der Waals surface area (Å²) < 4.78 is 1.40. The van der Waals surface area contributed by atoms with Crippen LogP contribution in [-0.2, 0) is 11.3 Å². The van der Waals surface area contributed by atoms with Crippen LogP contribution < -0.4 is 5.69 Å². The van der Waals surface area contributed by atoms with Crippen LogP contribution in [0.25, 0.3) is 0 Å². The highest BCUT2D eigenvalue weighted by Crippen LogP contribution is 2.12. The summed E-state index contributed by atoms with van der Waals surface area (Å²) in [7, 11) is 0. The largest absolute Gasteiger partial charge is 0.481 e. The van der Waals surface area contributed by atoms with Crippen molar-refractivity contribution in [3.8, 4) is 0 Å². The van der Waals surface area contributed by atoms with Crippen LogP contribution in [-0.4, -0.2) is 31.6 Å². The molecule has 0 spiro atoms. The number of aromatic amines is 1. The zero-order chi connectivity index (χ0) is 11.3. The van der Waals surface area contributed by atoms with Gasteiger partial charge in [0.2, 0.25) is 0 Å². The minimum absolute atomic E-state index is 0.113. The van der Waals surface area contributed by atoms with Gasteiger partial charge in [0, 0.05) is 6.54 Å². The number of rotatable bonds is 6. The smallest absolute Gasteiger partial charge is 0.343 e. The van der Waals surface area contributed by atoms with Crippen molar-refractivity contribution in [1.82, 2.24) is 14.8 Å². The average molecular weight is 229 g/mol. The second-order valence-electron chi connectivity index (χ2n) is 2.72. The molecule has 0 fully saturated rings. The average Bonchev–Trinajstić information content (AvgIpc) is 2.53. The van der Waals surface area contributed by atoms with Gasteiger partial charge in [0.1, 0.15) is 0 Å². The van der Waals surface area contributed by atoms with Crippen molar-refractivity contribution in [1.29, 1.82) is 0 Å². The van der Waals surface area contributed by atoms with E-state index in [0.717, 1.165) is 11.8 Å². The standard InChI is InChI=1S/C8H11N3O3S/c1-2-3-4-11-7(14)9-10-8(11)15-5-6(12)13/h2H,1,3-5H2,(H,9,14)(H,12,13). The molecule has 0 radical (unpaired) electrons. The predicted molar refractivity (Wildman–Crippen MR) is 56.0 cm³/mol. The van der Waals surface area contributed by atoms with Crippen molar-refractivity contribution in [3.05, 3.63) is 23.1 Å². The first-order valence-corrected chi connectivity index (χ1v) is 5.24. The van der Waals surface area contributed by atoms with Gasteiger partial charge in [-0.1, -0.05) is 17.8 Å². The number of carboxylic acids is 1. The maximum atomic E-state index is 11.2. The summed E-state index contributed by atoms with van der Waals surface area (Å²) in [5.41, 5.74) is -0.329. The Morgan fingerprint density at radius 1 is 1.73 bits per heavy atom. The normalized spacial score (nSPS) is 10.1. The summed E-state index contributed by atoms with van der Waals surface area (Å²) in [5, 5.41) is 14.9. The molecule has 1 rings (SSSR count). The van der Waals surface area contributed by atoms with Crippen molar-refractivity contribution < 1.29 is 9.90 Å². The zero-order valence-electron chi connectivity index (χ0n) is 7.97. The number of carbonyl (C=O) groups is 1. The fourth-order valence-electron chi connectivity index (χ4n) is 0.957. The van der Waals surface area contributed by atoms with Crippen molar-refractivity contribution in [3.63, 3.8) is 0 Å². The lowest BCUT2D eigenvalue weighted by molar-refractivity contribution is -0.133. The van der Waals surface area contributed by atoms with Crippen LogP contribution >= 0.6 is 11.8 Å². The van der Waals surface area contributed by atoms with Gasteiger partial charge in [-0.2, -0.15) is 0 Å². The molecule has 2 N–H and O–H groups in total. The highest BCUT2D eigenvalue weighted by atomic mass is 32.2. The van der Waals surface area contributed by atoms with E-state index < -0.39 is 5.97 Å². The molecule has 0 saturated carbocycles. The Morgan fingerprint density at radius 3 is 3.07 bits per heavy atom. The third kappa shape index (κ3) is 3.28. The van der Waals surface area contributed by atoms with Gasteiger partial charge in [0.15, 0.2) is 5.16 Å². The minimum Gasteiger partial charge on any atom is -0.481 e. The highest BCUT2D eigenvalue weighted by molar-refractivity contribution is 7.99. The molecular formula is C8H11N3O3S. The number of aromatic nitrogens is 3. The predicted octanol–water partition coefficient (Wildman–Crippen LogP) is 0.324. The molecular weight excluding hydrogens is 218 g/mol. The molecule has 1 aromatic rings. The van der Waals surface area contributed by atoms with E-state index in [1.807, 2.05) is 0 Å². The molecule has 1 heterocycles. The van der Waals surface area contributed by atoms with Crippen LogP contribution in [0.4, 0.5) is 0 Å². The first-order chi connectivity index (χ1) is 7.15. The molecule has 0 unspecified atom stereocenters. The fourth-order valence-corrected chi connectivity index (χ4v) is 1.65. The Balaban J connectivity index is 2.74. The Morgan fingerprint density at radius 2 is 2.47 bits per heavy atom. The molecule has 82 valence electrons. The van der Waals surface area contributed by atoms with Gasteiger partial charge in [-0.3, -0.25) is 9.36 Å². The number of carboxylic acid groups (broad SMARTS) is 1. The monoisotopic (exact) mass is 229 g/mol. The number of nitrogens with zero attached hydrogens (tertiary/aromatic N) is 2. The van der Waals surface area contributed by atoms with Gasteiger partial charge in [-0.05, 0) is 6.42 Å². The van der Waals surface area contributed by atoms with Crippen molar-refractivity contribution in [2.75, 3.05) is 5.75 Å². The molecule has 0 aromatic carbocycles. The molecule has 1 aromatic heterocycles. The Labute approximate surface area is 90.0 Å². The summed E-state index contributed by atoms with van der Waals surface area (Å²) in [4.78, 5) is 21.6. The molecule has 0 amide bonds. The van der Waals surface area contributed by atoms with Crippen LogP contribution in [0.15, 0.2) is 22.6 Å². The number of allylic oxidation sites excluding steroid dienone is 1. The van der Waals surface area contributed by atoms with Gasteiger partial charge in [-0.15, -0.1) is 11.7 Å². The zero-order valence-corrected chi connectivity index (χ0v) is 8.79.